The van der Waals surface area contributed by atoms with Crippen molar-refractivity contribution in [2.45, 2.75) is 25.8 Å². The lowest BCUT2D eigenvalue weighted by molar-refractivity contribution is 0.509. The number of anilines is 1. The molecule has 0 bridgehead atoms. The summed E-state index contributed by atoms with van der Waals surface area (Å²) in [6.45, 7) is 4.24. The highest BCUT2D eigenvalue weighted by atomic mass is 19.1. The molecule has 1 unspecified atom stereocenters. The molecule has 1 aliphatic rings. The number of halogens is 2. The maximum Gasteiger partial charge on any atom is 0.149 e. The van der Waals surface area contributed by atoms with Crippen molar-refractivity contribution in [3.8, 4) is 0 Å². The number of para-hydroxylation sites is 1. The SMILES string of the molecule is CCC1CCN(c2c(F)cccc2F)CCN1. The fourth-order valence-corrected chi connectivity index (χ4v) is 2.29. The van der Waals surface area contributed by atoms with Gasteiger partial charge < -0.3 is 10.2 Å². The van der Waals surface area contributed by atoms with Crippen LogP contribution >= 0.6 is 0 Å². The zero-order chi connectivity index (χ0) is 12.3. The lowest BCUT2D eigenvalue weighted by Crippen LogP contribution is -2.30. The Morgan fingerprint density at radius 2 is 2.00 bits per heavy atom. The van der Waals surface area contributed by atoms with Crippen LogP contribution in [0.5, 0.6) is 0 Å². The zero-order valence-corrected chi connectivity index (χ0v) is 10.0. The van der Waals surface area contributed by atoms with Gasteiger partial charge in [-0.05, 0) is 25.0 Å². The summed E-state index contributed by atoms with van der Waals surface area (Å²) in [6.07, 6.45) is 1.97. The molecule has 1 saturated heterocycles. The van der Waals surface area contributed by atoms with Gasteiger partial charge in [-0.2, -0.15) is 0 Å². The first kappa shape index (κ1) is 12.3. The van der Waals surface area contributed by atoms with Gasteiger partial charge >= 0.3 is 0 Å². The van der Waals surface area contributed by atoms with Crippen LogP contribution in [-0.4, -0.2) is 25.7 Å². The van der Waals surface area contributed by atoms with Gasteiger partial charge in [0.15, 0.2) is 0 Å². The van der Waals surface area contributed by atoms with Gasteiger partial charge in [0.2, 0.25) is 0 Å². The Balaban J connectivity index is 2.17. The van der Waals surface area contributed by atoms with Crippen LogP contribution in [0.4, 0.5) is 14.5 Å². The van der Waals surface area contributed by atoms with Gasteiger partial charge in [0, 0.05) is 25.7 Å². The Hall–Kier alpha value is -1.16. The molecule has 0 spiro atoms. The number of rotatable bonds is 2. The maximum absolute atomic E-state index is 13.6. The smallest absolute Gasteiger partial charge is 0.149 e. The van der Waals surface area contributed by atoms with E-state index < -0.39 is 11.6 Å². The Bertz CT molecular complexity index is 361. The van der Waals surface area contributed by atoms with Gasteiger partial charge in [0.25, 0.3) is 0 Å². The highest BCUT2D eigenvalue weighted by Crippen LogP contribution is 2.24. The topological polar surface area (TPSA) is 15.3 Å². The van der Waals surface area contributed by atoms with E-state index >= 15 is 0 Å². The number of nitrogens with zero attached hydrogens (tertiary/aromatic N) is 1. The van der Waals surface area contributed by atoms with Gasteiger partial charge in [-0.25, -0.2) is 8.78 Å². The Morgan fingerprint density at radius 3 is 2.65 bits per heavy atom. The van der Waals surface area contributed by atoms with Crippen molar-refractivity contribution in [2.24, 2.45) is 0 Å². The van der Waals surface area contributed by atoms with E-state index in [2.05, 4.69) is 12.2 Å². The van der Waals surface area contributed by atoms with Crippen molar-refractivity contribution in [2.75, 3.05) is 24.5 Å². The summed E-state index contributed by atoms with van der Waals surface area (Å²) in [6, 6.07) is 4.48. The second kappa shape index (κ2) is 5.45. The molecule has 1 aliphatic heterocycles. The molecule has 94 valence electrons. The first-order valence-corrected chi connectivity index (χ1v) is 6.14. The summed E-state index contributed by atoms with van der Waals surface area (Å²) in [5.74, 6) is -0.945. The predicted octanol–water partition coefficient (Wildman–Crippen LogP) is 2.54. The van der Waals surface area contributed by atoms with Crippen LogP contribution in [0.2, 0.25) is 0 Å². The van der Waals surface area contributed by atoms with Crippen molar-refractivity contribution in [3.05, 3.63) is 29.8 Å². The van der Waals surface area contributed by atoms with E-state index in [0.717, 1.165) is 19.4 Å². The Labute approximate surface area is 101 Å². The summed E-state index contributed by atoms with van der Waals surface area (Å²) in [5, 5.41) is 3.38. The van der Waals surface area contributed by atoms with E-state index in [1.165, 1.54) is 18.2 Å². The minimum Gasteiger partial charge on any atom is -0.365 e. The van der Waals surface area contributed by atoms with E-state index in [-0.39, 0.29) is 5.69 Å². The zero-order valence-electron chi connectivity index (χ0n) is 10.0. The standard InChI is InChI=1S/C13H18F2N2/c1-2-10-6-8-17(9-7-16-10)13-11(14)4-3-5-12(13)15/h3-5,10,16H,2,6-9H2,1H3. The quantitative estimate of drug-likeness (QED) is 0.854. The lowest BCUT2D eigenvalue weighted by atomic mass is 10.1. The van der Waals surface area contributed by atoms with Crippen molar-refractivity contribution in [3.63, 3.8) is 0 Å². The van der Waals surface area contributed by atoms with Crippen LogP contribution in [0.25, 0.3) is 0 Å². The highest BCUT2D eigenvalue weighted by Gasteiger charge is 2.20. The molecule has 4 heteroatoms. The fraction of sp³-hybridized carbons (Fsp3) is 0.538. The average Bonchev–Trinajstić information content (AvgIpc) is 2.54. The van der Waals surface area contributed by atoms with Crippen LogP contribution in [-0.2, 0) is 0 Å². The molecule has 0 radical (unpaired) electrons. The summed E-state index contributed by atoms with van der Waals surface area (Å²) < 4.78 is 27.3. The largest absolute Gasteiger partial charge is 0.365 e. The first-order chi connectivity index (χ1) is 8.22. The Morgan fingerprint density at radius 1 is 1.29 bits per heavy atom. The van der Waals surface area contributed by atoms with Crippen LogP contribution in [0.1, 0.15) is 19.8 Å². The minimum absolute atomic E-state index is 0.117. The number of hydrogen-bond acceptors (Lipinski definition) is 2. The van der Waals surface area contributed by atoms with Crippen molar-refractivity contribution in [1.29, 1.82) is 0 Å². The normalized spacial score (nSPS) is 21.4. The molecule has 1 aromatic carbocycles. The fourth-order valence-electron chi connectivity index (χ4n) is 2.29. The third kappa shape index (κ3) is 2.75. The lowest BCUT2D eigenvalue weighted by Gasteiger charge is -2.23. The molecule has 0 aromatic heterocycles. The number of benzene rings is 1. The molecule has 1 fully saturated rings. The molecular formula is C13H18F2N2. The highest BCUT2D eigenvalue weighted by molar-refractivity contribution is 5.49. The van der Waals surface area contributed by atoms with Crippen LogP contribution in [0, 0.1) is 11.6 Å². The molecule has 1 N–H and O–H groups in total. The van der Waals surface area contributed by atoms with Crippen molar-refractivity contribution >= 4 is 5.69 Å². The third-order valence-corrected chi connectivity index (χ3v) is 3.31. The summed E-state index contributed by atoms with van der Waals surface area (Å²) in [7, 11) is 0. The molecule has 2 rings (SSSR count). The Kier molecular flexibility index (Phi) is 3.94. The van der Waals surface area contributed by atoms with E-state index in [1.54, 1.807) is 4.90 Å². The predicted molar refractivity (Wildman–Crippen MR) is 65.3 cm³/mol. The third-order valence-electron chi connectivity index (χ3n) is 3.31. The van der Waals surface area contributed by atoms with E-state index in [4.69, 9.17) is 0 Å². The van der Waals surface area contributed by atoms with Gasteiger partial charge in [-0.3, -0.25) is 0 Å². The minimum atomic E-state index is -0.472. The number of nitrogens with one attached hydrogen (secondary N) is 1. The molecule has 1 atom stereocenters. The molecule has 2 nitrogen and oxygen atoms in total. The summed E-state index contributed by atoms with van der Waals surface area (Å²) >= 11 is 0. The van der Waals surface area contributed by atoms with Crippen LogP contribution in [0.15, 0.2) is 18.2 Å². The van der Waals surface area contributed by atoms with E-state index in [9.17, 15) is 8.78 Å². The molecule has 1 aromatic rings. The van der Waals surface area contributed by atoms with Crippen LogP contribution in [0.3, 0.4) is 0 Å². The molecule has 1 heterocycles. The first-order valence-electron chi connectivity index (χ1n) is 6.14. The molecule has 0 saturated carbocycles. The van der Waals surface area contributed by atoms with Crippen molar-refractivity contribution in [1.82, 2.24) is 5.32 Å². The van der Waals surface area contributed by atoms with Gasteiger partial charge in [-0.15, -0.1) is 0 Å². The van der Waals surface area contributed by atoms with Crippen molar-refractivity contribution < 1.29 is 8.78 Å². The second-order valence-corrected chi connectivity index (χ2v) is 4.41. The van der Waals surface area contributed by atoms with Gasteiger partial charge in [0.05, 0.1) is 0 Å². The average molecular weight is 240 g/mol. The molecule has 17 heavy (non-hydrogen) atoms. The van der Waals surface area contributed by atoms with Gasteiger partial charge in [0.1, 0.15) is 17.3 Å². The van der Waals surface area contributed by atoms with Gasteiger partial charge in [-0.1, -0.05) is 13.0 Å². The van der Waals surface area contributed by atoms with Crippen LogP contribution < -0.4 is 10.2 Å². The summed E-state index contributed by atoms with van der Waals surface area (Å²) in [4.78, 5) is 1.80. The van der Waals surface area contributed by atoms with E-state index in [1.807, 2.05) is 0 Å². The second-order valence-electron chi connectivity index (χ2n) is 4.41. The number of hydrogen-bond donors (Lipinski definition) is 1. The monoisotopic (exact) mass is 240 g/mol. The molecule has 0 amide bonds. The van der Waals surface area contributed by atoms with E-state index in [0.29, 0.717) is 19.1 Å². The summed E-state index contributed by atoms with van der Waals surface area (Å²) in [5.41, 5.74) is 0.117. The molecular weight excluding hydrogens is 222 g/mol. The molecule has 0 aliphatic carbocycles. The maximum atomic E-state index is 13.6.